The number of alkyl halides is 3. The number of hydrogen-bond donors (Lipinski definition) is 2. The van der Waals surface area contributed by atoms with Crippen LogP contribution in [-0.4, -0.2) is 25.2 Å². The Hall–Kier alpha value is -0.290. The minimum atomic E-state index is -2.68. The van der Waals surface area contributed by atoms with Crippen LogP contribution in [-0.2, 0) is 0 Å². The van der Waals surface area contributed by atoms with E-state index < -0.39 is 31.6 Å². The zero-order valence-corrected chi connectivity index (χ0v) is 5.49. The van der Waals surface area contributed by atoms with Gasteiger partial charge in [0.2, 0.25) is 6.43 Å². The Labute approximate surface area is 57.4 Å². The van der Waals surface area contributed by atoms with Gasteiger partial charge in [0.1, 0.15) is 5.67 Å². The lowest BCUT2D eigenvalue weighted by molar-refractivity contribution is 0.0526. The molecule has 0 aliphatic heterocycles. The van der Waals surface area contributed by atoms with E-state index in [1.54, 1.807) is 0 Å². The van der Waals surface area contributed by atoms with Crippen molar-refractivity contribution >= 4 is 0 Å². The molecule has 10 heavy (non-hydrogen) atoms. The van der Waals surface area contributed by atoms with Crippen LogP contribution < -0.4 is 11.5 Å². The fourth-order valence-electron chi connectivity index (χ4n) is 0.527. The van der Waals surface area contributed by atoms with Crippen molar-refractivity contribution in [2.45, 2.75) is 18.5 Å². The standard InChI is InChI=1S/C5H11F3N2/c6-4(7)1-5(8,2-9)3-10/h4H,1-3,9-10H2. The van der Waals surface area contributed by atoms with Crippen LogP contribution >= 0.6 is 0 Å². The Morgan fingerprint density at radius 1 is 1.20 bits per heavy atom. The van der Waals surface area contributed by atoms with Gasteiger partial charge in [0.15, 0.2) is 0 Å². The van der Waals surface area contributed by atoms with Crippen LogP contribution in [0.3, 0.4) is 0 Å². The molecule has 0 bridgehead atoms. The van der Waals surface area contributed by atoms with E-state index in [-0.39, 0.29) is 0 Å². The van der Waals surface area contributed by atoms with Gasteiger partial charge in [0, 0.05) is 19.5 Å². The molecule has 0 heterocycles. The smallest absolute Gasteiger partial charge is 0.241 e. The van der Waals surface area contributed by atoms with Gasteiger partial charge in [-0.05, 0) is 0 Å². The van der Waals surface area contributed by atoms with Crippen LogP contribution in [0.5, 0.6) is 0 Å². The van der Waals surface area contributed by atoms with Crippen molar-refractivity contribution in [2.24, 2.45) is 11.5 Å². The molecule has 5 heteroatoms. The summed E-state index contributed by atoms with van der Waals surface area (Å²) in [5.74, 6) is 0. The maximum atomic E-state index is 12.8. The van der Waals surface area contributed by atoms with Gasteiger partial charge < -0.3 is 11.5 Å². The summed E-state index contributed by atoms with van der Waals surface area (Å²) in [4.78, 5) is 0. The second kappa shape index (κ2) is 3.78. The van der Waals surface area contributed by atoms with Crippen molar-refractivity contribution in [1.82, 2.24) is 0 Å². The Kier molecular flexibility index (Phi) is 3.67. The maximum Gasteiger partial charge on any atom is 0.241 e. The van der Waals surface area contributed by atoms with Crippen molar-refractivity contribution in [3.05, 3.63) is 0 Å². The zero-order chi connectivity index (χ0) is 8.20. The molecule has 0 aromatic carbocycles. The summed E-state index contributed by atoms with van der Waals surface area (Å²) in [6.45, 7) is -0.901. The predicted octanol–water partition coefficient (Wildman–Crippen LogP) is 0.267. The summed E-state index contributed by atoms with van der Waals surface area (Å²) in [5, 5.41) is 0. The van der Waals surface area contributed by atoms with Crippen LogP contribution in [0.1, 0.15) is 6.42 Å². The van der Waals surface area contributed by atoms with E-state index in [2.05, 4.69) is 0 Å². The molecule has 0 aromatic heterocycles. The summed E-state index contributed by atoms with van der Waals surface area (Å²) in [6, 6.07) is 0. The van der Waals surface area contributed by atoms with Gasteiger partial charge in [-0.1, -0.05) is 0 Å². The first-order valence-electron chi connectivity index (χ1n) is 2.91. The van der Waals surface area contributed by atoms with Gasteiger partial charge in [0.25, 0.3) is 0 Å². The SMILES string of the molecule is NCC(F)(CN)CC(F)F. The van der Waals surface area contributed by atoms with Crippen molar-refractivity contribution in [3.8, 4) is 0 Å². The molecule has 0 saturated heterocycles. The fourth-order valence-corrected chi connectivity index (χ4v) is 0.527. The lowest BCUT2D eigenvalue weighted by atomic mass is 10.0. The maximum absolute atomic E-state index is 12.8. The van der Waals surface area contributed by atoms with Crippen LogP contribution in [0, 0.1) is 0 Å². The normalized spacial score (nSPS) is 12.6. The van der Waals surface area contributed by atoms with Gasteiger partial charge >= 0.3 is 0 Å². The average Bonchev–Trinajstić information content (AvgIpc) is 1.87. The van der Waals surface area contributed by atoms with Gasteiger partial charge in [-0.3, -0.25) is 0 Å². The lowest BCUT2D eigenvalue weighted by Gasteiger charge is -2.20. The zero-order valence-electron chi connectivity index (χ0n) is 5.49. The molecule has 0 unspecified atom stereocenters. The van der Waals surface area contributed by atoms with Crippen molar-refractivity contribution in [2.75, 3.05) is 13.1 Å². The molecule has 2 nitrogen and oxygen atoms in total. The third kappa shape index (κ3) is 3.03. The molecule has 0 spiro atoms. The number of rotatable bonds is 4. The predicted molar refractivity (Wildman–Crippen MR) is 32.6 cm³/mol. The highest BCUT2D eigenvalue weighted by molar-refractivity contribution is 4.81. The summed E-state index contributed by atoms with van der Waals surface area (Å²) in [6.07, 6.45) is -3.56. The third-order valence-corrected chi connectivity index (χ3v) is 1.25. The second-order valence-electron chi connectivity index (χ2n) is 2.15. The molecule has 62 valence electrons. The van der Waals surface area contributed by atoms with E-state index in [1.807, 2.05) is 0 Å². The highest BCUT2D eigenvalue weighted by Gasteiger charge is 2.30. The highest BCUT2D eigenvalue weighted by Crippen LogP contribution is 2.17. The molecular formula is C5H11F3N2. The molecule has 0 atom stereocenters. The first-order chi connectivity index (χ1) is 4.54. The van der Waals surface area contributed by atoms with Crippen LogP contribution in [0.15, 0.2) is 0 Å². The van der Waals surface area contributed by atoms with E-state index in [0.717, 1.165) is 0 Å². The molecule has 0 aliphatic carbocycles. The van der Waals surface area contributed by atoms with Gasteiger partial charge in [-0.15, -0.1) is 0 Å². The Bertz CT molecular complexity index is 92.9. The Morgan fingerprint density at radius 3 is 1.70 bits per heavy atom. The Balaban J connectivity index is 3.80. The van der Waals surface area contributed by atoms with E-state index >= 15 is 0 Å². The first-order valence-corrected chi connectivity index (χ1v) is 2.91. The molecule has 0 fully saturated rings. The van der Waals surface area contributed by atoms with Gasteiger partial charge in [-0.2, -0.15) is 0 Å². The van der Waals surface area contributed by atoms with Crippen LogP contribution in [0.2, 0.25) is 0 Å². The molecule has 0 aromatic rings. The molecule has 0 saturated carbocycles. The van der Waals surface area contributed by atoms with E-state index in [0.29, 0.717) is 0 Å². The van der Waals surface area contributed by atoms with Crippen molar-refractivity contribution in [3.63, 3.8) is 0 Å². The quantitative estimate of drug-likeness (QED) is 0.613. The lowest BCUT2D eigenvalue weighted by Crippen LogP contribution is -2.42. The topological polar surface area (TPSA) is 52.0 Å². The molecular weight excluding hydrogens is 145 g/mol. The number of halogens is 3. The molecule has 0 radical (unpaired) electrons. The van der Waals surface area contributed by atoms with Crippen LogP contribution in [0.25, 0.3) is 0 Å². The van der Waals surface area contributed by atoms with E-state index in [4.69, 9.17) is 11.5 Å². The number of hydrogen-bond acceptors (Lipinski definition) is 2. The van der Waals surface area contributed by atoms with Gasteiger partial charge in [0.05, 0.1) is 0 Å². The fraction of sp³-hybridized carbons (Fsp3) is 1.00. The largest absolute Gasteiger partial charge is 0.327 e. The first kappa shape index (κ1) is 9.71. The summed E-state index contributed by atoms with van der Waals surface area (Å²) in [7, 11) is 0. The third-order valence-electron chi connectivity index (χ3n) is 1.25. The summed E-state index contributed by atoms with van der Waals surface area (Å²) in [5.41, 5.74) is 7.67. The number of nitrogens with two attached hydrogens (primary N) is 2. The monoisotopic (exact) mass is 156 g/mol. The summed E-state index contributed by atoms with van der Waals surface area (Å²) < 4.78 is 35.9. The van der Waals surface area contributed by atoms with Crippen molar-refractivity contribution < 1.29 is 13.2 Å². The van der Waals surface area contributed by atoms with Crippen molar-refractivity contribution in [1.29, 1.82) is 0 Å². The van der Waals surface area contributed by atoms with E-state index in [9.17, 15) is 13.2 Å². The average molecular weight is 156 g/mol. The molecule has 0 rings (SSSR count). The molecule has 4 N–H and O–H groups in total. The molecule has 0 amide bonds. The summed E-state index contributed by atoms with van der Waals surface area (Å²) >= 11 is 0. The highest BCUT2D eigenvalue weighted by atomic mass is 19.3. The minimum absolute atomic E-state index is 0.451. The Morgan fingerprint density at radius 2 is 1.60 bits per heavy atom. The van der Waals surface area contributed by atoms with Crippen LogP contribution in [0.4, 0.5) is 13.2 Å². The molecule has 0 aliphatic rings. The second-order valence-corrected chi connectivity index (χ2v) is 2.15. The van der Waals surface area contributed by atoms with Gasteiger partial charge in [-0.25, -0.2) is 13.2 Å². The van der Waals surface area contributed by atoms with E-state index in [1.165, 1.54) is 0 Å². The minimum Gasteiger partial charge on any atom is -0.327 e.